The van der Waals surface area contributed by atoms with E-state index >= 15 is 0 Å². The van der Waals surface area contributed by atoms with E-state index in [9.17, 15) is 9.90 Å². The van der Waals surface area contributed by atoms with Crippen LogP contribution in [0.5, 0.6) is 0 Å². The molecular weight excluding hydrogens is 228 g/mol. The maximum Gasteiger partial charge on any atom is 0.323 e. The molecule has 0 amide bonds. The summed E-state index contributed by atoms with van der Waals surface area (Å²) in [6.45, 7) is 9.14. The summed E-state index contributed by atoms with van der Waals surface area (Å²) in [4.78, 5) is 14.0. The molecule has 0 heterocycles. The van der Waals surface area contributed by atoms with Crippen molar-refractivity contribution in [3.8, 4) is 0 Å². The summed E-state index contributed by atoms with van der Waals surface area (Å²) in [7, 11) is 0. The molecular formula is C14H28N2O2. The third kappa shape index (κ3) is 3.45. The predicted octanol–water partition coefficient (Wildman–Crippen LogP) is 2.09. The summed E-state index contributed by atoms with van der Waals surface area (Å²) in [5, 5.41) is 12.8. The monoisotopic (exact) mass is 256 g/mol. The van der Waals surface area contributed by atoms with Gasteiger partial charge in [-0.25, -0.2) is 0 Å². The lowest BCUT2D eigenvalue weighted by molar-refractivity contribution is -0.147. The standard InChI is InChI=1S/C14H28N2O2/c1-4-10-16(6-3)12-8-7-9-14(11-12,13(17)18)15-5-2/h12,15H,4-11H2,1-3H3,(H,17,18). The molecule has 1 aliphatic rings. The van der Waals surface area contributed by atoms with Crippen LogP contribution < -0.4 is 5.32 Å². The Balaban J connectivity index is 2.76. The Morgan fingerprint density at radius 2 is 2.17 bits per heavy atom. The zero-order valence-corrected chi connectivity index (χ0v) is 12.0. The molecule has 18 heavy (non-hydrogen) atoms. The molecule has 0 radical (unpaired) electrons. The van der Waals surface area contributed by atoms with Crippen molar-refractivity contribution in [2.24, 2.45) is 0 Å². The van der Waals surface area contributed by atoms with Crippen LogP contribution in [0.2, 0.25) is 0 Å². The predicted molar refractivity (Wildman–Crippen MR) is 73.8 cm³/mol. The second-order valence-corrected chi connectivity index (χ2v) is 5.30. The van der Waals surface area contributed by atoms with E-state index in [1.54, 1.807) is 0 Å². The molecule has 1 rings (SSSR count). The van der Waals surface area contributed by atoms with Gasteiger partial charge < -0.3 is 15.3 Å². The van der Waals surface area contributed by atoms with E-state index in [2.05, 4.69) is 24.1 Å². The Kier molecular flexibility index (Phi) is 6.09. The van der Waals surface area contributed by atoms with Crippen LogP contribution in [0.1, 0.15) is 52.9 Å². The van der Waals surface area contributed by atoms with Crippen molar-refractivity contribution in [1.29, 1.82) is 0 Å². The lowest BCUT2D eigenvalue weighted by Gasteiger charge is -2.42. The highest BCUT2D eigenvalue weighted by Gasteiger charge is 2.43. The first-order chi connectivity index (χ1) is 8.59. The molecule has 2 atom stereocenters. The van der Waals surface area contributed by atoms with Crippen LogP contribution in [0.15, 0.2) is 0 Å². The fourth-order valence-corrected chi connectivity index (χ4v) is 3.21. The van der Waals surface area contributed by atoms with Crippen molar-refractivity contribution >= 4 is 5.97 Å². The largest absolute Gasteiger partial charge is 0.480 e. The number of aliphatic carboxylic acids is 1. The van der Waals surface area contributed by atoms with Crippen molar-refractivity contribution in [3.05, 3.63) is 0 Å². The first-order valence-corrected chi connectivity index (χ1v) is 7.32. The van der Waals surface area contributed by atoms with Gasteiger partial charge in [-0.1, -0.05) is 20.8 Å². The van der Waals surface area contributed by atoms with E-state index < -0.39 is 11.5 Å². The van der Waals surface area contributed by atoms with Gasteiger partial charge in [-0.2, -0.15) is 0 Å². The summed E-state index contributed by atoms with van der Waals surface area (Å²) in [5.74, 6) is -0.679. The van der Waals surface area contributed by atoms with Gasteiger partial charge in [-0.05, 0) is 51.7 Å². The summed E-state index contributed by atoms with van der Waals surface area (Å²) in [5.41, 5.74) is -0.696. The molecule has 1 aliphatic carbocycles. The van der Waals surface area contributed by atoms with E-state index in [1.165, 1.54) is 0 Å². The molecule has 0 saturated heterocycles. The highest BCUT2D eigenvalue weighted by atomic mass is 16.4. The van der Waals surface area contributed by atoms with E-state index in [4.69, 9.17) is 0 Å². The Labute approximate surface area is 111 Å². The number of hydrogen-bond acceptors (Lipinski definition) is 3. The van der Waals surface area contributed by atoms with Gasteiger partial charge in [-0.3, -0.25) is 4.79 Å². The number of nitrogens with zero attached hydrogens (tertiary/aromatic N) is 1. The van der Waals surface area contributed by atoms with Gasteiger partial charge in [0.15, 0.2) is 0 Å². The molecule has 1 fully saturated rings. The quantitative estimate of drug-likeness (QED) is 0.732. The first kappa shape index (κ1) is 15.4. The average molecular weight is 256 g/mol. The van der Waals surface area contributed by atoms with Crippen LogP contribution in [-0.2, 0) is 4.79 Å². The molecule has 0 aromatic heterocycles. The summed E-state index contributed by atoms with van der Waals surface area (Å²) < 4.78 is 0. The van der Waals surface area contributed by atoms with Gasteiger partial charge in [0.05, 0.1) is 0 Å². The zero-order valence-electron chi connectivity index (χ0n) is 12.0. The van der Waals surface area contributed by atoms with Crippen molar-refractivity contribution < 1.29 is 9.90 Å². The lowest BCUT2D eigenvalue weighted by Crippen LogP contribution is -2.58. The van der Waals surface area contributed by atoms with Gasteiger partial charge in [-0.15, -0.1) is 0 Å². The highest BCUT2D eigenvalue weighted by Crippen LogP contribution is 2.31. The van der Waals surface area contributed by atoms with E-state index in [-0.39, 0.29) is 0 Å². The zero-order chi connectivity index (χ0) is 13.6. The number of hydrogen-bond donors (Lipinski definition) is 2. The van der Waals surface area contributed by atoms with E-state index in [0.717, 1.165) is 51.7 Å². The van der Waals surface area contributed by atoms with Gasteiger partial charge in [0.2, 0.25) is 0 Å². The van der Waals surface area contributed by atoms with Crippen molar-refractivity contribution in [2.75, 3.05) is 19.6 Å². The minimum atomic E-state index is -0.696. The molecule has 0 aromatic carbocycles. The Morgan fingerprint density at radius 1 is 1.44 bits per heavy atom. The van der Waals surface area contributed by atoms with Gasteiger partial charge >= 0.3 is 5.97 Å². The Hall–Kier alpha value is -0.610. The molecule has 4 nitrogen and oxygen atoms in total. The number of carbonyl (C=O) groups is 1. The molecule has 0 aromatic rings. The van der Waals surface area contributed by atoms with Crippen LogP contribution >= 0.6 is 0 Å². The molecule has 2 N–H and O–H groups in total. The molecule has 0 aliphatic heterocycles. The second kappa shape index (κ2) is 7.10. The minimum Gasteiger partial charge on any atom is -0.480 e. The van der Waals surface area contributed by atoms with Crippen molar-refractivity contribution in [1.82, 2.24) is 10.2 Å². The molecule has 106 valence electrons. The lowest BCUT2D eigenvalue weighted by atomic mass is 9.78. The number of likely N-dealkylation sites (N-methyl/N-ethyl adjacent to an activating group) is 1. The smallest absolute Gasteiger partial charge is 0.323 e. The van der Waals surface area contributed by atoms with E-state index in [1.807, 2.05) is 6.92 Å². The molecule has 0 spiro atoms. The summed E-state index contributed by atoms with van der Waals surface area (Å²) >= 11 is 0. The third-order valence-corrected chi connectivity index (χ3v) is 4.08. The number of carboxylic acids is 1. The Morgan fingerprint density at radius 3 is 2.67 bits per heavy atom. The van der Waals surface area contributed by atoms with Gasteiger partial charge in [0.1, 0.15) is 5.54 Å². The summed E-state index contributed by atoms with van der Waals surface area (Å²) in [6, 6.07) is 0.416. The number of nitrogens with one attached hydrogen (secondary N) is 1. The average Bonchev–Trinajstić information content (AvgIpc) is 2.36. The third-order valence-electron chi connectivity index (χ3n) is 4.08. The number of rotatable bonds is 7. The van der Waals surface area contributed by atoms with Crippen molar-refractivity contribution in [2.45, 2.75) is 64.5 Å². The van der Waals surface area contributed by atoms with Crippen LogP contribution in [0.4, 0.5) is 0 Å². The van der Waals surface area contributed by atoms with Gasteiger partial charge in [0, 0.05) is 6.04 Å². The van der Waals surface area contributed by atoms with Crippen molar-refractivity contribution in [3.63, 3.8) is 0 Å². The fraction of sp³-hybridized carbons (Fsp3) is 0.929. The number of carboxylic acid groups (broad SMARTS) is 1. The minimum absolute atomic E-state index is 0.416. The van der Waals surface area contributed by atoms with Crippen LogP contribution in [0.3, 0.4) is 0 Å². The Bertz CT molecular complexity index is 267. The second-order valence-electron chi connectivity index (χ2n) is 5.30. The van der Waals surface area contributed by atoms with Crippen LogP contribution in [0.25, 0.3) is 0 Å². The van der Waals surface area contributed by atoms with E-state index in [0.29, 0.717) is 6.04 Å². The fourth-order valence-electron chi connectivity index (χ4n) is 3.21. The normalized spacial score (nSPS) is 28.6. The summed E-state index contributed by atoms with van der Waals surface area (Å²) in [6.07, 6.45) is 4.77. The highest BCUT2D eigenvalue weighted by molar-refractivity contribution is 5.79. The maximum absolute atomic E-state index is 11.6. The first-order valence-electron chi connectivity index (χ1n) is 7.32. The maximum atomic E-state index is 11.6. The molecule has 0 bridgehead atoms. The van der Waals surface area contributed by atoms with Gasteiger partial charge in [0.25, 0.3) is 0 Å². The topological polar surface area (TPSA) is 52.6 Å². The SMILES string of the molecule is CCCN(CC)C1CCCC(NCC)(C(=O)O)C1. The van der Waals surface area contributed by atoms with Crippen LogP contribution in [0, 0.1) is 0 Å². The molecule has 4 heteroatoms. The molecule has 2 unspecified atom stereocenters. The van der Waals surface area contributed by atoms with Crippen LogP contribution in [-0.4, -0.2) is 47.2 Å². The molecule has 1 saturated carbocycles.